The number of benzene rings is 3. The van der Waals surface area contributed by atoms with E-state index < -0.39 is 0 Å². The quantitative estimate of drug-likeness (QED) is 0.612. The highest BCUT2D eigenvalue weighted by atomic mass is 15.4. The van der Waals surface area contributed by atoms with Gasteiger partial charge >= 0.3 is 0 Å². The fourth-order valence-corrected chi connectivity index (χ4v) is 4.18. The predicted molar refractivity (Wildman–Crippen MR) is 105 cm³/mol. The molecule has 0 amide bonds. The maximum absolute atomic E-state index is 4.37. The monoisotopic (exact) mass is 342 g/mol. The molecule has 0 radical (unpaired) electrons. The summed E-state index contributed by atoms with van der Waals surface area (Å²) in [5.74, 6) is 1.11. The smallest absolute Gasteiger partial charge is 0.113 e. The molecular weight excluding hydrogens is 320 g/mol. The van der Waals surface area contributed by atoms with E-state index in [4.69, 9.17) is 0 Å². The Morgan fingerprint density at radius 1 is 0.923 bits per heavy atom. The molecule has 2 atom stereocenters. The third-order valence-electron chi connectivity index (χ3n) is 5.54. The predicted octanol–water partition coefficient (Wildman–Crippen LogP) is 3.98. The van der Waals surface area contributed by atoms with Crippen molar-refractivity contribution in [1.82, 2.24) is 20.3 Å². The van der Waals surface area contributed by atoms with Crippen molar-refractivity contribution in [1.29, 1.82) is 0 Å². The zero-order valence-electron chi connectivity index (χ0n) is 14.7. The van der Waals surface area contributed by atoms with Crippen LogP contribution in [0.3, 0.4) is 0 Å². The first-order valence-electron chi connectivity index (χ1n) is 9.34. The summed E-state index contributed by atoms with van der Waals surface area (Å²) < 4.78 is 2.06. The molecule has 1 aliphatic heterocycles. The van der Waals surface area contributed by atoms with Gasteiger partial charge in [0.15, 0.2) is 0 Å². The molecule has 4 heteroatoms. The van der Waals surface area contributed by atoms with Crippen molar-refractivity contribution in [3.63, 3.8) is 0 Å². The second-order valence-corrected chi connectivity index (χ2v) is 7.32. The molecule has 1 aliphatic rings. The summed E-state index contributed by atoms with van der Waals surface area (Å²) in [6, 6.07) is 23.7. The number of nitrogens with one attached hydrogen (secondary N) is 1. The SMILES string of the molecule is c1ccc2cc(C3CNC[C@@H](Cn4nnc5ccccc54)C3)ccc2c1. The lowest BCUT2D eigenvalue weighted by atomic mass is 9.85. The Balaban J connectivity index is 1.37. The average Bonchev–Trinajstić information content (AvgIpc) is 3.11. The fourth-order valence-electron chi connectivity index (χ4n) is 4.18. The normalized spacial score (nSPS) is 20.6. The van der Waals surface area contributed by atoms with Crippen molar-refractivity contribution in [3.8, 4) is 0 Å². The van der Waals surface area contributed by atoms with Crippen molar-refractivity contribution >= 4 is 21.8 Å². The van der Waals surface area contributed by atoms with Gasteiger partial charge in [-0.1, -0.05) is 59.8 Å². The Labute approximate surface area is 152 Å². The number of rotatable bonds is 3. The summed E-state index contributed by atoms with van der Waals surface area (Å²) in [6.45, 7) is 3.00. The molecule has 4 nitrogen and oxygen atoms in total. The number of nitrogens with zero attached hydrogens (tertiary/aromatic N) is 3. The molecule has 1 saturated heterocycles. The summed E-state index contributed by atoms with van der Waals surface area (Å²) in [5, 5.41) is 14.9. The van der Waals surface area contributed by atoms with Crippen molar-refractivity contribution < 1.29 is 0 Å². The lowest BCUT2D eigenvalue weighted by molar-refractivity contribution is 0.300. The number of para-hydroxylation sites is 1. The Kier molecular flexibility index (Phi) is 3.91. The molecule has 1 N–H and O–H groups in total. The minimum absolute atomic E-state index is 0.549. The van der Waals surface area contributed by atoms with Gasteiger partial charge in [-0.25, -0.2) is 4.68 Å². The molecular formula is C22H22N4. The largest absolute Gasteiger partial charge is 0.316 e. The Hall–Kier alpha value is -2.72. The third-order valence-corrected chi connectivity index (χ3v) is 5.54. The molecule has 0 saturated carbocycles. The molecule has 0 bridgehead atoms. The summed E-state index contributed by atoms with van der Waals surface area (Å²) in [7, 11) is 0. The number of hydrogen-bond donors (Lipinski definition) is 1. The summed E-state index contributed by atoms with van der Waals surface area (Å²) in [6.07, 6.45) is 1.18. The van der Waals surface area contributed by atoms with E-state index in [0.717, 1.165) is 30.7 Å². The Bertz CT molecular complexity index is 1050. The van der Waals surface area contributed by atoms with E-state index >= 15 is 0 Å². The van der Waals surface area contributed by atoms with Crippen LogP contribution in [0, 0.1) is 5.92 Å². The van der Waals surface area contributed by atoms with Crippen LogP contribution in [0.25, 0.3) is 21.8 Å². The van der Waals surface area contributed by atoms with Crippen molar-refractivity contribution in [2.24, 2.45) is 5.92 Å². The molecule has 1 aromatic heterocycles. The molecule has 0 aliphatic carbocycles. The zero-order chi connectivity index (χ0) is 17.3. The van der Waals surface area contributed by atoms with Gasteiger partial charge in [0.25, 0.3) is 0 Å². The molecule has 5 rings (SSSR count). The number of hydrogen-bond acceptors (Lipinski definition) is 3. The van der Waals surface area contributed by atoms with Crippen LogP contribution in [0.5, 0.6) is 0 Å². The van der Waals surface area contributed by atoms with Crippen LogP contribution in [0.2, 0.25) is 0 Å². The number of piperidine rings is 1. The highest BCUT2D eigenvalue weighted by Gasteiger charge is 2.24. The maximum atomic E-state index is 4.37. The van der Waals surface area contributed by atoms with Gasteiger partial charge in [0.2, 0.25) is 0 Å². The van der Waals surface area contributed by atoms with Gasteiger partial charge in [-0.2, -0.15) is 0 Å². The van der Waals surface area contributed by atoms with Gasteiger partial charge in [-0.15, -0.1) is 5.10 Å². The summed E-state index contributed by atoms with van der Waals surface area (Å²) >= 11 is 0. The highest BCUT2D eigenvalue weighted by molar-refractivity contribution is 5.83. The summed E-state index contributed by atoms with van der Waals surface area (Å²) in [5.41, 5.74) is 3.53. The maximum Gasteiger partial charge on any atom is 0.113 e. The first kappa shape index (κ1) is 15.5. The van der Waals surface area contributed by atoms with Crippen LogP contribution in [0.15, 0.2) is 66.7 Å². The van der Waals surface area contributed by atoms with E-state index in [0.29, 0.717) is 11.8 Å². The lowest BCUT2D eigenvalue weighted by Gasteiger charge is -2.30. The number of aromatic nitrogens is 3. The van der Waals surface area contributed by atoms with Crippen LogP contribution in [0.4, 0.5) is 0 Å². The van der Waals surface area contributed by atoms with Crippen LogP contribution in [-0.4, -0.2) is 28.1 Å². The van der Waals surface area contributed by atoms with Crippen LogP contribution < -0.4 is 5.32 Å². The lowest BCUT2D eigenvalue weighted by Crippen LogP contribution is -2.37. The zero-order valence-corrected chi connectivity index (χ0v) is 14.7. The minimum Gasteiger partial charge on any atom is -0.316 e. The van der Waals surface area contributed by atoms with Gasteiger partial charge in [-0.3, -0.25) is 0 Å². The van der Waals surface area contributed by atoms with E-state index in [1.807, 2.05) is 12.1 Å². The van der Waals surface area contributed by atoms with E-state index in [1.165, 1.54) is 22.8 Å². The van der Waals surface area contributed by atoms with Crippen LogP contribution in [-0.2, 0) is 6.54 Å². The molecule has 4 aromatic rings. The fraction of sp³-hybridized carbons (Fsp3) is 0.273. The Morgan fingerprint density at radius 3 is 2.73 bits per heavy atom. The molecule has 130 valence electrons. The topological polar surface area (TPSA) is 42.7 Å². The Morgan fingerprint density at radius 2 is 1.77 bits per heavy atom. The van der Waals surface area contributed by atoms with E-state index in [9.17, 15) is 0 Å². The van der Waals surface area contributed by atoms with Gasteiger partial charge in [0.1, 0.15) is 5.52 Å². The van der Waals surface area contributed by atoms with Gasteiger partial charge in [0, 0.05) is 13.1 Å². The number of fused-ring (bicyclic) bond motifs is 2. The molecule has 2 heterocycles. The summed E-state index contributed by atoms with van der Waals surface area (Å²) in [4.78, 5) is 0. The van der Waals surface area contributed by atoms with E-state index in [-0.39, 0.29) is 0 Å². The highest BCUT2D eigenvalue weighted by Crippen LogP contribution is 2.30. The van der Waals surface area contributed by atoms with Crippen LogP contribution >= 0.6 is 0 Å². The first-order valence-corrected chi connectivity index (χ1v) is 9.34. The van der Waals surface area contributed by atoms with Crippen LogP contribution in [0.1, 0.15) is 17.9 Å². The standard InChI is InChI=1S/C22H22N4/c1-2-6-18-12-19(10-9-17(18)5-1)20-11-16(13-23-14-20)15-26-22-8-4-3-7-21(22)24-25-26/h1-10,12,16,20,23H,11,13-15H2/t16-,20?/m0/s1. The molecule has 3 aromatic carbocycles. The molecule has 0 spiro atoms. The third kappa shape index (κ3) is 2.86. The average molecular weight is 342 g/mol. The molecule has 26 heavy (non-hydrogen) atoms. The minimum atomic E-state index is 0.549. The first-order chi connectivity index (χ1) is 12.9. The van der Waals surface area contributed by atoms with E-state index in [2.05, 4.69) is 74.9 Å². The van der Waals surface area contributed by atoms with E-state index in [1.54, 1.807) is 0 Å². The molecule has 1 unspecified atom stereocenters. The van der Waals surface area contributed by atoms with Gasteiger partial charge < -0.3 is 5.32 Å². The van der Waals surface area contributed by atoms with Crippen molar-refractivity contribution in [2.75, 3.05) is 13.1 Å². The van der Waals surface area contributed by atoms with Crippen molar-refractivity contribution in [2.45, 2.75) is 18.9 Å². The van der Waals surface area contributed by atoms with Crippen molar-refractivity contribution in [3.05, 3.63) is 72.3 Å². The van der Waals surface area contributed by atoms with Gasteiger partial charge in [0.05, 0.1) is 5.52 Å². The second kappa shape index (κ2) is 6.54. The second-order valence-electron chi connectivity index (χ2n) is 7.32. The molecule has 1 fully saturated rings. The van der Waals surface area contributed by atoms with Gasteiger partial charge in [-0.05, 0) is 53.3 Å².